The van der Waals surface area contributed by atoms with Gasteiger partial charge in [0.2, 0.25) is 0 Å². The van der Waals surface area contributed by atoms with Crippen LogP contribution in [0.1, 0.15) is 34.6 Å². The van der Waals surface area contributed by atoms with Gasteiger partial charge in [0.1, 0.15) is 0 Å². The third kappa shape index (κ3) is 7.60. The number of urea groups is 1. The lowest BCUT2D eigenvalue weighted by Crippen LogP contribution is -2.43. The number of carboxylic acids is 1. The molecule has 0 aromatic rings. The van der Waals surface area contributed by atoms with Crippen molar-refractivity contribution in [1.82, 2.24) is 10.6 Å². The van der Waals surface area contributed by atoms with Crippen LogP contribution in [0.25, 0.3) is 0 Å². The minimum absolute atomic E-state index is 0.00424. The summed E-state index contributed by atoms with van der Waals surface area (Å²) >= 11 is 0. The molecule has 0 fully saturated rings. The Kier molecular flexibility index (Phi) is 5.99. The summed E-state index contributed by atoms with van der Waals surface area (Å²) in [4.78, 5) is 22.3. The molecule has 0 aromatic heterocycles. The molecule has 3 N–H and O–H groups in total. The molecule has 0 rings (SSSR count). The van der Waals surface area contributed by atoms with Crippen molar-refractivity contribution in [2.75, 3.05) is 13.1 Å². The van der Waals surface area contributed by atoms with E-state index in [0.29, 0.717) is 6.54 Å². The van der Waals surface area contributed by atoms with Crippen LogP contribution in [0.4, 0.5) is 4.79 Å². The molecular formula is C12H24N2O3. The van der Waals surface area contributed by atoms with E-state index in [2.05, 4.69) is 10.6 Å². The average molecular weight is 244 g/mol. The molecule has 0 bridgehead atoms. The second-order valence-electron chi connectivity index (χ2n) is 5.81. The summed E-state index contributed by atoms with van der Waals surface area (Å²) in [5.41, 5.74) is 0.0155. The van der Waals surface area contributed by atoms with Crippen LogP contribution in [0.15, 0.2) is 0 Å². The molecule has 17 heavy (non-hydrogen) atoms. The molecule has 0 saturated heterocycles. The molecule has 0 aliphatic heterocycles. The summed E-state index contributed by atoms with van der Waals surface area (Å²) in [5.74, 6) is -1.43. The van der Waals surface area contributed by atoms with E-state index in [1.54, 1.807) is 0 Å². The average Bonchev–Trinajstić information content (AvgIpc) is 2.12. The fourth-order valence-electron chi connectivity index (χ4n) is 1.22. The van der Waals surface area contributed by atoms with E-state index in [9.17, 15) is 9.59 Å². The largest absolute Gasteiger partial charge is 0.481 e. The predicted molar refractivity (Wildman–Crippen MR) is 66.8 cm³/mol. The fraction of sp³-hybridized carbons (Fsp3) is 0.833. The van der Waals surface area contributed by atoms with E-state index in [1.807, 2.05) is 34.6 Å². The van der Waals surface area contributed by atoms with Crippen LogP contribution < -0.4 is 10.6 Å². The second kappa shape index (κ2) is 6.47. The Balaban J connectivity index is 4.02. The van der Waals surface area contributed by atoms with Gasteiger partial charge in [-0.1, -0.05) is 34.6 Å². The monoisotopic (exact) mass is 244 g/mol. The number of carboxylic acid groups (broad SMARTS) is 1. The molecule has 5 heteroatoms. The highest BCUT2D eigenvalue weighted by atomic mass is 16.4. The van der Waals surface area contributed by atoms with E-state index in [4.69, 9.17) is 5.11 Å². The van der Waals surface area contributed by atoms with E-state index in [0.717, 1.165) is 0 Å². The number of nitrogens with one attached hydrogen (secondary N) is 2. The van der Waals surface area contributed by atoms with Crippen molar-refractivity contribution < 1.29 is 14.7 Å². The number of hydrogen-bond donors (Lipinski definition) is 3. The van der Waals surface area contributed by atoms with Crippen molar-refractivity contribution in [2.24, 2.45) is 17.3 Å². The number of aliphatic carboxylic acids is 1. The van der Waals surface area contributed by atoms with Gasteiger partial charge in [0.05, 0.1) is 5.92 Å². The highest BCUT2D eigenvalue weighted by molar-refractivity contribution is 5.75. The normalized spacial score (nSPS) is 13.3. The molecule has 0 aliphatic carbocycles. The first-order chi connectivity index (χ1) is 7.63. The van der Waals surface area contributed by atoms with Crippen molar-refractivity contribution in [3.63, 3.8) is 0 Å². The summed E-state index contributed by atoms with van der Waals surface area (Å²) in [6, 6.07) is -0.313. The van der Waals surface area contributed by atoms with Crippen molar-refractivity contribution in [1.29, 1.82) is 0 Å². The molecule has 100 valence electrons. The molecule has 2 amide bonds. The SMILES string of the molecule is CC(C)C(CNC(=O)NCC(C)(C)C)C(=O)O. The lowest BCUT2D eigenvalue weighted by molar-refractivity contribution is -0.142. The van der Waals surface area contributed by atoms with E-state index >= 15 is 0 Å². The molecule has 0 aliphatic rings. The molecule has 0 aromatic carbocycles. The third-order valence-corrected chi connectivity index (χ3v) is 2.38. The van der Waals surface area contributed by atoms with Crippen molar-refractivity contribution in [3.05, 3.63) is 0 Å². The van der Waals surface area contributed by atoms with Crippen molar-refractivity contribution in [2.45, 2.75) is 34.6 Å². The smallest absolute Gasteiger partial charge is 0.314 e. The highest BCUT2D eigenvalue weighted by Gasteiger charge is 2.22. The third-order valence-electron chi connectivity index (χ3n) is 2.38. The van der Waals surface area contributed by atoms with Crippen LogP contribution in [-0.4, -0.2) is 30.2 Å². The molecule has 0 heterocycles. The fourth-order valence-corrected chi connectivity index (χ4v) is 1.22. The number of carbonyl (C=O) groups excluding carboxylic acids is 1. The summed E-state index contributed by atoms with van der Waals surface area (Å²) in [7, 11) is 0. The van der Waals surface area contributed by atoms with Crippen LogP contribution in [0.3, 0.4) is 0 Å². The topological polar surface area (TPSA) is 78.4 Å². The number of amides is 2. The summed E-state index contributed by atoms with van der Waals surface area (Å²) in [6.07, 6.45) is 0. The quantitative estimate of drug-likeness (QED) is 0.688. The number of carbonyl (C=O) groups is 2. The molecule has 1 unspecified atom stereocenters. The maximum Gasteiger partial charge on any atom is 0.314 e. The minimum atomic E-state index is -0.879. The Hall–Kier alpha value is -1.26. The first-order valence-electron chi connectivity index (χ1n) is 5.88. The van der Waals surface area contributed by atoms with Gasteiger partial charge in [-0.05, 0) is 11.3 Å². The lowest BCUT2D eigenvalue weighted by Gasteiger charge is -2.20. The standard InChI is InChI=1S/C12H24N2O3/c1-8(2)9(10(15)16)6-13-11(17)14-7-12(3,4)5/h8-9H,6-7H2,1-5H3,(H,15,16)(H2,13,14,17). The first kappa shape index (κ1) is 15.7. The Labute approximate surface area is 103 Å². The summed E-state index contributed by atoms with van der Waals surface area (Å²) in [5, 5.41) is 14.2. The highest BCUT2D eigenvalue weighted by Crippen LogP contribution is 2.11. The summed E-state index contributed by atoms with van der Waals surface area (Å²) in [6.45, 7) is 10.4. The van der Waals surface area contributed by atoms with Gasteiger partial charge in [0, 0.05) is 13.1 Å². The van der Waals surface area contributed by atoms with Crippen LogP contribution in [0.5, 0.6) is 0 Å². The maximum absolute atomic E-state index is 11.4. The van der Waals surface area contributed by atoms with Crippen LogP contribution in [0, 0.1) is 17.3 Å². The Bertz CT molecular complexity index is 269. The van der Waals surface area contributed by atoms with Crippen LogP contribution in [-0.2, 0) is 4.79 Å². The second-order valence-corrected chi connectivity index (χ2v) is 5.81. The van der Waals surface area contributed by atoms with Gasteiger partial charge >= 0.3 is 12.0 Å². The molecule has 0 spiro atoms. The van der Waals surface area contributed by atoms with Gasteiger partial charge in [-0.25, -0.2) is 4.79 Å². The van der Waals surface area contributed by atoms with E-state index in [-0.39, 0.29) is 23.9 Å². The molecule has 0 radical (unpaired) electrons. The zero-order valence-corrected chi connectivity index (χ0v) is 11.3. The van der Waals surface area contributed by atoms with Crippen LogP contribution >= 0.6 is 0 Å². The van der Waals surface area contributed by atoms with Crippen molar-refractivity contribution in [3.8, 4) is 0 Å². The van der Waals surface area contributed by atoms with Gasteiger partial charge in [-0.2, -0.15) is 0 Å². The van der Waals surface area contributed by atoms with E-state index < -0.39 is 11.9 Å². The Morgan fingerprint density at radius 1 is 1.18 bits per heavy atom. The maximum atomic E-state index is 11.4. The molecule has 1 atom stereocenters. The molecule has 0 saturated carbocycles. The van der Waals surface area contributed by atoms with Crippen LogP contribution in [0.2, 0.25) is 0 Å². The van der Waals surface area contributed by atoms with Gasteiger partial charge < -0.3 is 15.7 Å². The zero-order valence-electron chi connectivity index (χ0n) is 11.3. The Morgan fingerprint density at radius 2 is 1.71 bits per heavy atom. The molecule has 5 nitrogen and oxygen atoms in total. The van der Waals surface area contributed by atoms with E-state index in [1.165, 1.54) is 0 Å². The molecular weight excluding hydrogens is 220 g/mol. The first-order valence-corrected chi connectivity index (χ1v) is 5.88. The van der Waals surface area contributed by atoms with Gasteiger partial charge in [0.15, 0.2) is 0 Å². The zero-order chi connectivity index (χ0) is 13.6. The van der Waals surface area contributed by atoms with Crippen molar-refractivity contribution >= 4 is 12.0 Å². The summed E-state index contributed by atoms with van der Waals surface area (Å²) < 4.78 is 0. The predicted octanol–water partition coefficient (Wildman–Crippen LogP) is 1.69. The Morgan fingerprint density at radius 3 is 2.06 bits per heavy atom. The lowest BCUT2D eigenvalue weighted by atomic mass is 9.96. The minimum Gasteiger partial charge on any atom is -0.481 e. The van der Waals surface area contributed by atoms with Gasteiger partial charge in [-0.15, -0.1) is 0 Å². The number of hydrogen-bond acceptors (Lipinski definition) is 2. The van der Waals surface area contributed by atoms with Gasteiger partial charge in [0.25, 0.3) is 0 Å². The van der Waals surface area contributed by atoms with Gasteiger partial charge in [-0.3, -0.25) is 4.79 Å². The number of rotatable bonds is 5.